The number of halogens is 2. The molecule has 0 unspecified atom stereocenters. The summed E-state index contributed by atoms with van der Waals surface area (Å²) >= 11 is 12.0. The van der Waals surface area contributed by atoms with Gasteiger partial charge in [-0.2, -0.15) is 5.10 Å². The summed E-state index contributed by atoms with van der Waals surface area (Å²) in [6, 6.07) is 4.83. The van der Waals surface area contributed by atoms with E-state index in [1.165, 1.54) is 0 Å². The van der Waals surface area contributed by atoms with Gasteiger partial charge in [-0.15, -0.1) is 0 Å². The van der Waals surface area contributed by atoms with Crippen LogP contribution in [0.4, 0.5) is 0 Å². The summed E-state index contributed by atoms with van der Waals surface area (Å²) in [5.74, 6) is -0.00124. The summed E-state index contributed by atoms with van der Waals surface area (Å²) in [5.41, 5.74) is 3.69. The van der Waals surface area contributed by atoms with Crippen molar-refractivity contribution in [2.45, 2.75) is 26.7 Å². The topological polar surface area (TPSA) is 58.4 Å². The number of carbonyl (C=O) groups is 2. The van der Waals surface area contributed by atoms with E-state index in [2.05, 4.69) is 5.10 Å². The maximum absolute atomic E-state index is 12.7. The first-order chi connectivity index (χ1) is 13.3. The predicted molar refractivity (Wildman–Crippen MR) is 110 cm³/mol. The maximum atomic E-state index is 12.7. The van der Waals surface area contributed by atoms with Gasteiger partial charge in [0.25, 0.3) is 5.91 Å². The summed E-state index contributed by atoms with van der Waals surface area (Å²) in [7, 11) is 1.91. The Labute approximate surface area is 175 Å². The molecule has 3 rings (SSSR count). The number of piperazine rings is 1. The quantitative estimate of drug-likeness (QED) is 0.759. The molecule has 1 fully saturated rings. The highest BCUT2D eigenvalue weighted by Gasteiger charge is 2.25. The zero-order valence-corrected chi connectivity index (χ0v) is 17.8. The molecule has 8 heteroatoms. The van der Waals surface area contributed by atoms with Crippen LogP contribution in [0.15, 0.2) is 18.2 Å². The van der Waals surface area contributed by atoms with Crippen LogP contribution in [-0.4, -0.2) is 57.6 Å². The zero-order valence-electron chi connectivity index (χ0n) is 16.3. The summed E-state index contributed by atoms with van der Waals surface area (Å²) in [6.45, 7) is 6.05. The van der Waals surface area contributed by atoms with Crippen LogP contribution in [0.3, 0.4) is 0 Å². The van der Waals surface area contributed by atoms with Crippen LogP contribution >= 0.6 is 23.2 Å². The number of nitrogens with zero attached hydrogens (tertiary/aromatic N) is 4. The molecule has 0 aliphatic carbocycles. The monoisotopic (exact) mass is 422 g/mol. The van der Waals surface area contributed by atoms with Gasteiger partial charge in [0.1, 0.15) is 0 Å². The normalized spacial score (nSPS) is 14.5. The number of hydrogen-bond donors (Lipinski definition) is 0. The van der Waals surface area contributed by atoms with E-state index in [0.717, 1.165) is 17.0 Å². The second-order valence-electron chi connectivity index (χ2n) is 7.10. The van der Waals surface area contributed by atoms with E-state index in [0.29, 0.717) is 54.6 Å². The molecule has 1 aliphatic rings. The third-order valence-electron chi connectivity index (χ3n) is 5.28. The maximum Gasteiger partial charge on any atom is 0.254 e. The van der Waals surface area contributed by atoms with Crippen molar-refractivity contribution in [3.8, 4) is 0 Å². The Balaban J connectivity index is 1.54. The van der Waals surface area contributed by atoms with E-state index in [1.54, 1.807) is 23.1 Å². The van der Waals surface area contributed by atoms with Crippen molar-refractivity contribution >= 4 is 35.0 Å². The molecule has 0 saturated carbocycles. The smallest absolute Gasteiger partial charge is 0.254 e. The largest absolute Gasteiger partial charge is 0.339 e. The summed E-state index contributed by atoms with van der Waals surface area (Å²) in [6.07, 6.45) is 1.13. The van der Waals surface area contributed by atoms with E-state index < -0.39 is 0 Å². The fraction of sp³-hybridized carbons (Fsp3) is 0.450. The van der Waals surface area contributed by atoms with Crippen LogP contribution < -0.4 is 0 Å². The minimum atomic E-state index is -0.113. The fourth-order valence-electron chi connectivity index (χ4n) is 3.59. The van der Waals surface area contributed by atoms with Crippen LogP contribution in [0.1, 0.15) is 33.7 Å². The SMILES string of the molecule is Cc1nn(C)c(C)c1CCC(=O)N1CCN(C(=O)c2cc(Cl)cc(Cl)c2)CC1. The number of aryl methyl sites for hydroxylation is 2. The lowest BCUT2D eigenvalue weighted by atomic mass is 10.1. The molecule has 0 radical (unpaired) electrons. The number of carbonyl (C=O) groups excluding carboxylic acids is 2. The Morgan fingerprint density at radius 1 is 1.00 bits per heavy atom. The van der Waals surface area contributed by atoms with Crippen LogP contribution in [0.2, 0.25) is 10.0 Å². The molecule has 1 aromatic heterocycles. The van der Waals surface area contributed by atoms with Crippen molar-refractivity contribution < 1.29 is 9.59 Å². The molecule has 1 aromatic carbocycles. The first-order valence-electron chi connectivity index (χ1n) is 9.28. The molecule has 6 nitrogen and oxygen atoms in total. The molecule has 0 bridgehead atoms. The summed E-state index contributed by atoms with van der Waals surface area (Å²) in [4.78, 5) is 28.8. The molecular formula is C20H24Cl2N4O2. The first kappa shape index (κ1) is 20.7. The third-order valence-corrected chi connectivity index (χ3v) is 5.71. The molecule has 2 heterocycles. The minimum absolute atomic E-state index is 0.112. The van der Waals surface area contributed by atoms with Crippen molar-refractivity contribution in [3.63, 3.8) is 0 Å². The van der Waals surface area contributed by atoms with Gasteiger partial charge in [-0.3, -0.25) is 14.3 Å². The molecule has 0 N–H and O–H groups in total. The van der Waals surface area contributed by atoms with Gasteiger partial charge in [0.05, 0.1) is 5.69 Å². The summed E-state index contributed by atoms with van der Waals surface area (Å²) in [5, 5.41) is 5.27. The van der Waals surface area contributed by atoms with E-state index in [9.17, 15) is 9.59 Å². The van der Waals surface area contributed by atoms with Gasteiger partial charge in [-0.1, -0.05) is 23.2 Å². The highest BCUT2D eigenvalue weighted by molar-refractivity contribution is 6.35. The Hall–Kier alpha value is -2.05. The van der Waals surface area contributed by atoms with Gasteiger partial charge >= 0.3 is 0 Å². The molecule has 2 aromatic rings. The van der Waals surface area contributed by atoms with Gasteiger partial charge < -0.3 is 9.80 Å². The van der Waals surface area contributed by atoms with E-state index in [1.807, 2.05) is 30.5 Å². The van der Waals surface area contributed by atoms with Crippen molar-refractivity contribution in [1.82, 2.24) is 19.6 Å². The number of aromatic nitrogens is 2. The fourth-order valence-corrected chi connectivity index (χ4v) is 4.11. The van der Waals surface area contributed by atoms with Crippen molar-refractivity contribution in [2.24, 2.45) is 7.05 Å². The lowest BCUT2D eigenvalue weighted by Crippen LogP contribution is -2.50. The average Bonchev–Trinajstić information content (AvgIpc) is 2.90. The Bertz CT molecular complexity index is 882. The highest BCUT2D eigenvalue weighted by Crippen LogP contribution is 2.21. The third kappa shape index (κ3) is 4.50. The minimum Gasteiger partial charge on any atom is -0.339 e. The highest BCUT2D eigenvalue weighted by atomic mass is 35.5. The van der Waals surface area contributed by atoms with Crippen LogP contribution in [0, 0.1) is 13.8 Å². The number of amides is 2. The van der Waals surface area contributed by atoms with Crippen LogP contribution in [-0.2, 0) is 18.3 Å². The standard InChI is InChI=1S/C20H24Cl2N4O2/c1-13-18(14(2)24(3)23-13)4-5-19(27)25-6-8-26(9-7-25)20(28)15-10-16(21)12-17(22)11-15/h10-12H,4-9H2,1-3H3. The molecule has 0 spiro atoms. The lowest BCUT2D eigenvalue weighted by Gasteiger charge is -2.35. The number of hydrogen-bond acceptors (Lipinski definition) is 3. The van der Waals surface area contributed by atoms with Gasteiger partial charge in [-0.05, 0) is 44.0 Å². The molecule has 2 amide bonds. The lowest BCUT2D eigenvalue weighted by molar-refractivity contribution is -0.132. The molecule has 150 valence electrons. The molecule has 28 heavy (non-hydrogen) atoms. The molecule has 0 atom stereocenters. The number of rotatable bonds is 4. The zero-order chi connectivity index (χ0) is 20.4. The predicted octanol–water partition coefficient (Wildman–Crippen LogP) is 3.26. The van der Waals surface area contributed by atoms with Gasteiger partial charge in [0, 0.05) is 61.0 Å². The second-order valence-corrected chi connectivity index (χ2v) is 7.98. The summed E-state index contributed by atoms with van der Waals surface area (Å²) < 4.78 is 1.85. The van der Waals surface area contributed by atoms with Gasteiger partial charge in [0.15, 0.2) is 0 Å². The van der Waals surface area contributed by atoms with Crippen molar-refractivity contribution in [2.75, 3.05) is 26.2 Å². The Kier molecular flexibility index (Phi) is 6.30. The molecule has 1 saturated heterocycles. The first-order valence-corrected chi connectivity index (χ1v) is 10.0. The van der Waals surface area contributed by atoms with Gasteiger partial charge in [-0.25, -0.2) is 0 Å². The second kappa shape index (κ2) is 8.53. The molecule has 1 aliphatic heterocycles. The van der Waals surface area contributed by atoms with Gasteiger partial charge in [0.2, 0.25) is 5.91 Å². The Morgan fingerprint density at radius 3 is 2.11 bits per heavy atom. The number of benzene rings is 1. The average molecular weight is 423 g/mol. The Morgan fingerprint density at radius 2 is 1.57 bits per heavy atom. The van der Waals surface area contributed by atoms with Crippen LogP contribution in [0.5, 0.6) is 0 Å². The van der Waals surface area contributed by atoms with E-state index >= 15 is 0 Å². The van der Waals surface area contributed by atoms with Crippen molar-refractivity contribution in [1.29, 1.82) is 0 Å². The molecular weight excluding hydrogens is 399 g/mol. The van der Waals surface area contributed by atoms with E-state index in [-0.39, 0.29) is 11.8 Å². The van der Waals surface area contributed by atoms with E-state index in [4.69, 9.17) is 23.2 Å². The van der Waals surface area contributed by atoms with Crippen molar-refractivity contribution in [3.05, 3.63) is 50.8 Å². The van der Waals surface area contributed by atoms with Crippen LogP contribution in [0.25, 0.3) is 0 Å².